The Morgan fingerprint density at radius 3 is 2.52 bits per heavy atom. The van der Waals surface area contributed by atoms with Gasteiger partial charge < -0.3 is 9.80 Å². The van der Waals surface area contributed by atoms with E-state index in [-0.39, 0.29) is 11.8 Å². The highest BCUT2D eigenvalue weighted by molar-refractivity contribution is 5.78. The molecular formula is C18H25N3O2. The minimum absolute atomic E-state index is 0.130. The molecule has 0 saturated carbocycles. The maximum absolute atomic E-state index is 12.6. The number of hydrogen-bond acceptors (Lipinski definition) is 3. The number of amides is 2. The van der Waals surface area contributed by atoms with E-state index in [0.29, 0.717) is 6.54 Å². The van der Waals surface area contributed by atoms with Gasteiger partial charge in [-0.3, -0.25) is 14.5 Å². The molecule has 0 aromatic heterocycles. The highest BCUT2D eigenvalue weighted by atomic mass is 16.2. The van der Waals surface area contributed by atoms with Crippen molar-refractivity contribution in [3.8, 4) is 0 Å². The van der Waals surface area contributed by atoms with E-state index >= 15 is 0 Å². The number of carbonyl (C=O) groups is 2. The summed E-state index contributed by atoms with van der Waals surface area (Å²) >= 11 is 0. The molecule has 0 unspecified atom stereocenters. The highest BCUT2D eigenvalue weighted by Crippen LogP contribution is 2.18. The standard InChI is InChI=1S/C18H25N3O2/c1-15(22)20-9-4-8-19(11-12-20)14-18(23)21-10-7-16-5-2-3-6-17(16)13-21/h2-3,5-6H,4,7-14H2,1H3. The Labute approximate surface area is 137 Å². The molecule has 2 aliphatic rings. The van der Waals surface area contributed by atoms with Crippen LogP contribution in [-0.2, 0) is 22.6 Å². The minimum atomic E-state index is 0.130. The number of carbonyl (C=O) groups excluding carboxylic acids is 2. The number of nitrogens with zero attached hydrogens (tertiary/aromatic N) is 3. The van der Waals surface area contributed by atoms with Crippen molar-refractivity contribution in [3.05, 3.63) is 35.4 Å². The summed E-state index contributed by atoms with van der Waals surface area (Å²) in [4.78, 5) is 30.1. The van der Waals surface area contributed by atoms with Crippen molar-refractivity contribution in [2.24, 2.45) is 0 Å². The zero-order chi connectivity index (χ0) is 16.2. The third-order valence-corrected chi connectivity index (χ3v) is 4.88. The summed E-state index contributed by atoms with van der Waals surface area (Å²) in [5.74, 6) is 0.335. The molecule has 3 rings (SSSR count). The van der Waals surface area contributed by atoms with Gasteiger partial charge in [0.1, 0.15) is 0 Å². The Kier molecular flexibility index (Phi) is 4.96. The lowest BCUT2D eigenvalue weighted by Gasteiger charge is -2.31. The topological polar surface area (TPSA) is 43.9 Å². The first kappa shape index (κ1) is 16.0. The van der Waals surface area contributed by atoms with Crippen LogP contribution in [0.1, 0.15) is 24.5 Å². The van der Waals surface area contributed by atoms with Gasteiger partial charge in [-0.1, -0.05) is 24.3 Å². The molecule has 0 radical (unpaired) electrons. The lowest BCUT2D eigenvalue weighted by Crippen LogP contribution is -2.43. The lowest BCUT2D eigenvalue weighted by atomic mass is 10.00. The molecule has 0 N–H and O–H groups in total. The zero-order valence-corrected chi connectivity index (χ0v) is 13.8. The number of benzene rings is 1. The van der Waals surface area contributed by atoms with Crippen molar-refractivity contribution in [2.75, 3.05) is 39.3 Å². The van der Waals surface area contributed by atoms with Crippen molar-refractivity contribution in [1.29, 1.82) is 0 Å². The average molecular weight is 315 g/mol. The molecule has 0 aliphatic carbocycles. The molecule has 2 amide bonds. The Morgan fingerprint density at radius 1 is 0.957 bits per heavy atom. The lowest BCUT2D eigenvalue weighted by molar-refractivity contribution is -0.133. The van der Waals surface area contributed by atoms with E-state index in [4.69, 9.17) is 0 Å². The van der Waals surface area contributed by atoms with Crippen LogP contribution in [0.4, 0.5) is 0 Å². The molecule has 2 heterocycles. The summed E-state index contributed by atoms with van der Waals surface area (Å²) in [6, 6.07) is 8.38. The van der Waals surface area contributed by atoms with Crippen LogP contribution in [-0.4, -0.2) is 65.8 Å². The molecule has 23 heavy (non-hydrogen) atoms. The van der Waals surface area contributed by atoms with E-state index in [0.717, 1.165) is 52.1 Å². The van der Waals surface area contributed by atoms with Crippen molar-refractivity contribution in [3.63, 3.8) is 0 Å². The fraction of sp³-hybridized carbons (Fsp3) is 0.556. The number of hydrogen-bond donors (Lipinski definition) is 0. The Bertz CT molecular complexity index is 587. The maximum atomic E-state index is 12.6. The highest BCUT2D eigenvalue weighted by Gasteiger charge is 2.23. The first-order valence-corrected chi connectivity index (χ1v) is 8.46. The first-order valence-electron chi connectivity index (χ1n) is 8.46. The van der Waals surface area contributed by atoms with Crippen LogP contribution in [0.25, 0.3) is 0 Å². The molecule has 124 valence electrons. The summed E-state index contributed by atoms with van der Waals surface area (Å²) in [7, 11) is 0. The SMILES string of the molecule is CC(=O)N1CCCN(CC(=O)N2CCc3ccccc3C2)CC1. The van der Waals surface area contributed by atoms with Gasteiger partial charge in [0.25, 0.3) is 0 Å². The Morgan fingerprint density at radius 2 is 1.74 bits per heavy atom. The Balaban J connectivity index is 1.55. The van der Waals surface area contributed by atoms with Gasteiger partial charge >= 0.3 is 0 Å². The predicted molar refractivity (Wildman–Crippen MR) is 88.9 cm³/mol. The van der Waals surface area contributed by atoms with Crippen LogP contribution in [0.15, 0.2) is 24.3 Å². The second kappa shape index (κ2) is 7.13. The van der Waals surface area contributed by atoms with Gasteiger partial charge in [-0.2, -0.15) is 0 Å². The quantitative estimate of drug-likeness (QED) is 0.822. The minimum Gasteiger partial charge on any atom is -0.342 e. The van der Waals surface area contributed by atoms with Crippen molar-refractivity contribution < 1.29 is 9.59 Å². The van der Waals surface area contributed by atoms with Crippen LogP contribution in [0, 0.1) is 0 Å². The van der Waals surface area contributed by atoms with Gasteiger partial charge in [-0.15, -0.1) is 0 Å². The van der Waals surface area contributed by atoms with Gasteiger partial charge in [0, 0.05) is 46.2 Å². The van der Waals surface area contributed by atoms with E-state index in [1.54, 1.807) is 6.92 Å². The molecule has 1 aromatic rings. The van der Waals surface area contributed by atoms with Gasteiger partial charge in [-0.05, 0) is 24.0 Å². The van der Waals surface area contributed by atoms with E-state index < -0.39 is 0 Å². The van der Waals surface area contributed by atoms with E-state index in [1.807, 2.05) is 15.9 Å². The predicted octanol–water partition coefficient (Wildman–Crippen LogP) is 1.13. The first-order chi connectivity index (χ1) is 11.1. The largest absolute Gasteiger partial charge is 0.342 e. The maximum Gasteiger partial charge on any atom is 0.237 e. The number of rotatable bonds is 2. The van der Waals surface area contributed by atoms with Crippen molar-refractivity contribution >= 4 is 11.8 Å². The van der Waals surface area contributed by atoms with Crippen LogP contribution < -0.4 is 0 Å². The van der Waals surface area contributed by atoms with Gasteiger partial charge in [0.15, 0.2) is 0 Å². The van der Waals surface area contributed by atoms with Crippen LogP contribution in [0.2, 0.25) is 0 Å². The second-order valence-electron chi connectivity index (χ2n) is 6.47. The second-order valence-corrected chi connectivity index (χ2v) is 6.47. The zero-order valence-electron chi connectivity index (χ0n) is 13.8. The monoisotopic (exact) mass is 315 g/mol. The Hall–Kier alpha value is -1.88. The summed E-state index contributed by atoms with van der Waals surface area (Å²) in [5, 5.41) is 0. The molecule has 1 fully saturated rings. The molecule has 0 atom stereocenters. The third kappa shape index (κ3) is 3.91. The molecule has 1 aromatic carbocycles. The summed E-state index contributed by atoms with van der Waals surface area (Å²) < 4.78 is 0. The van der Waals surface area contributed by atoms with Crippen LogP contribution >= 0.6 is 0 Å². The average Bonchev–Trinajstić information content (AvgIpc) is 2.80. The third-order valence-electron chi connectivity index (χ3n) is 4.88. The molecular weight excluding hydrogens is 290 g/mol. The summed E-state index contributed by atoms with van der Waals surface area (Å²) in [6.07, 6.45) is 1.88. The van der Waals surface area contributed by atoms with E-state index in [1.165, 1.54) is 11.1 Å². The summed E-state index contributed by atoms with van der Waals surface area (Å²) in [6.45, 7) is 6.82. The number of fused-ring (bicyclic) bond motifs is 1. The van der Waals surface area contributed by atoms with Crippen LogP contribution in [0.5, 0.6) is 0 Å². The summed E-state index contributed by atoms with van der Waals surface area (Å²) in [5.41, 5.74) is 2.63. The fourth-order valence-corrected chi connectivity index (χ4v) is 3.44. The van der Waals surface area contributed by atoms with Gasteiger partial charge in [-0.25, -0.2) is 0 Å². The molecule has 2 aliphatic heterocycles. The molecule has 0 spiro atoms. The fourth-order valence-electron chi connectivity index (χ4n) is 3.44. The van der Waals surface area contributed by atoms with Crippen LogP contribution in [0.3, 0.4) is 0 Å². The van der Waals surface area contributed by atoms with E-state index in [9.17, 15) is 9.59 Å². The molecule has 5 heteroatoms. The molecule has 5 nitrogen and oxygen atoms in total. The van der Waals surface area contributed by atoms with Gasteiger partial charge in [0.2, 0.25) is 11.8 Å². The molecule has 1 saturated heterocycles. The normalized spacial score (nSPS) is 19.2. The van der Waals surface area contributed by atoms with Gasteiger partial charge in [0.05, 0.1) is 6.54 Å². The van der Waals surface area contributed by atoms with Crippen molar-refractivity contribution in [2.45, 2.75) is 26.3 Å². The molecule has 0 bridgehead atoms. The smallest absolute Gasteiger partial charge is 0.237 e. The van der Waals surface area contributed by atoms with E-state index in [2.05, 4.69) is 23.1 Å². The van der Waals surface area contributed by atoms with Crippen molar-refractivity contribution in [1.82, 2.24) is 14.7 Å².